The Morgan fingerprint density at radius 3 is 2.86 bits per heavy atom. The Kier molecular flexibility index (Phi) is 4.34. The summed E-state index contributed by atoms with van der Waals surface area (Å²) in [7, 11) is 0. The summed E-state index contributed by atoms with van der Waals surface area (Å²) in [6.45, 7) is 5.16. The number of halogens is 1. The first-order valence-electron chi connectivity index (χ1n) is 7.75. The summed E-state index contributed by atoms with van der Waals surface area (Å²) in [5, 5.41) is 3.47. The van der Waals surface area contributed by atoms with Gasteiger partial charge in [-0.15, -0.1) is 0 Å². The van der Waals surface area contributed by atoms with Crippen molar-refractivity contribution in [1.29, 1.82) is 0 Å². The van der Waals surface area contributed by atoms with E-state index >= 15 is 0 Å². The number of hydrogen-bond acceptors (Lipinski definition) is 2. The van der Waals surface area contributed by atoms with Crippen LogP contribution in [0.4, 0.5) is 4.39 Å². The number of hydrogen-bond donors (Lipinski definition) is 1. The summed E-state index contributed by atoms with van der Waals surface area (Å²) in [6.07, 6.45) is 6.14. The van der Waals surface area contributed by atoms with Gasteiger partial charge in [-0.1, -0.05) is 19.1 Å². The average molecular weight is 287 g/mol. The highest BCUT2D eigenvalue weighted by Crippen LogP contribution is 2.37. The fraction of sp³-hybridized carbons (Fsp3) is 0.471. The third-order valence-corrected chi connectivity index (χ3v) is 4.37. The SMILES string of the molecule is CCCn1cncc1C1CCNCC1c1ccc(F)cc1. The van der Waals surface area contributed by atoms with Crippen molar-refractivity contribution >= 4 is 0 Å². The number of aryl methyl sites for hydroxylation is 1. The molecule has 0 bridgehead atoms. The van der Waals surface area contributed by atoms with Crippen molar-refractivity contribution in [3.05, 3.63) is 53.9 Å². The number of nitrogens with one attached hydrogen (secondary N) is 1. The summed E-state index contributed by atoms with van der Waals surface area (Å²) in [6, 6.07) is 6.95. The lowest BCUT2D eigenvalue weighted by Crippen LogP contribution is -2.34. The van der Waals surface area contributed by atoms with Crippen molar-refractivity contribution in [2.24, 2.45) is 0 Å². The van der Waals surface area contributed by atoms with Crippen molar-refractivity contribution in [1.82, 2.24) is 14.9 Å². The molecule has 2 heterocycles. The van der Waals surface area contributed by atoms with Crippen LogP contribution >= 0.6 is 0 Å². The molecule has 1 N–H and O–H groups in total. The van der Waals surface area contributed by atoms with E-state index in [1.165, 1.54) is 11.3 Å². The summed E-state index contributed by atoms with van der Waals surface area (Å²) in [5.74, 6) is 0.660. The van der Waals surface area contributed by atoms with E-state index in [1.807, 2.05) is 24.7 Å². The van der Waals surface area contributed by atoms with Crippen LogP contribution in [0.15, 0.2) is 36.8 Å². The molecule has 0 saturated carbocycles. The Balaban J connectivity index is 1.90. The standard InChI is InChI=1S/C17H22FN3/c1-2-9-21-12-20-11-17(21)15-7-8-19-10-16(15)13-3-5-14(18)6-4-13/h3-6,11-12,15-16,19H,2,7-10H2,1H3. The van der Waals surface area contributed by atoms with E-state index in [0.717, 1.165) is 32.5 Å². The smallest absolute Gasteiger partial charge is 0.123 e. The van der Waals surface area contributed by atoms with Crippen LogP contribution in [0.2, 0.25) is 0 Å². The number of benzene rings is 1. The minimum atomic E-state index is -0.171. The Morgan fingerprint density at radius 1 is 1.29 bits per heavy atom. The van der Waals surface area contributed by atoms with Gasteiger partial charge in [-0.3, -0.25) is 0 Å². The highest BCUT2D eigenvalue weighted by molar-refractivity contribution is 5.27. The van der Waals surface area contributed by atoms with Crippen molar-refractivity contribution < 1.29 is 4.39 Å². The highest BCUT2D eigenvalue weighted by atomic mass is 19.1. The summed E-state index contributed by atoms with van der Waals surface area (Å²) >= 11 is 0. The van der Waals surface area contributed by atoms with Crippen LogP contribution in [0.5, 0.6) is 0 Å². The molecule has 1 saturated heterocycles. The van der Waals surface area contributed by atoms with Crippen LogP contribution in [0.3, 0.4) is 0 Å². The number of nitrogens with zero attached hydrogens (tertiary/aromatic N) is 2. The van der Waals surface area contributed by atoms with Crippen molar-refractivity contribution in [3.8, 4) is 0 Å². The Labute approximate surface area is 125 Å². The molecule has 21 heavy (non-hydrogen) atoms. The molecule has 0 radical (unpaired) electrons. The molecule has 3 nitrogen and oxygen atoms in total. The fourth-order valence-corrected chi connectivity index (χ4v) is 3.34. The van der Waals surface area contributed by atoms with E-state index in [4.69, 9.17) is 0 Å². The number of imidazole rings is 1. The fourth-order valence-electron chi connectivity index (χ4n) is 3.34. The lowest BCUT2D eigenvalue weighted by molar-refractivity contribution is 0.386. The molecule has 1 aromatic carbocycles. The van der Waals surface area contributed by atoms with Gasteiger partial charge in [-0.05, 0) is 37.1 Å². The van der Waals surface area contributed by atoms with Gasteiger partial charge in [0.1, 0.15) is 5.82 Å². The van der Waals surface area contributed by atoms with Gasteiger partial charge in [0.05, 0.1) is 6.33 Å². The largest absolute Gasteiger partial charge is 0.334 e. The monoisotopic (exact) mass is 287 g/mol. The van der Waals surface area contributed by atoms with E-state index in [2.05, 4.69) is 21.8 Å². The minimum absolute atomic E-state index is 0.171. The topological polar surface area (TPSA) is 29.9 Å². The summed E-state index contributed by atoms with van der Waals surface area (Å²) in [4.78, 5) is 4.34. The van der Waals surface area contributed by atoms with Gasteiger partial charge in [-0.2, -0.15) is 0 Å². The van der Waals surface area contributed by atoms with Crippen LogP contribution in [0.25, 0.3) is 0 Å². The normalized spacial score (nSPS) is 22.4. The lowest BCUT2D eigenvalue weighted by Gasteiger charge is -2.33. The number of piperidine rings is 1. The highest BCUT2D eigenvalue weighted by Gasteiger charge is 2.29. The number of aromatic nitrogens is 2. The minimum Gasteiger partial charge on any atom is -0.334 e. The Hall–Kier alpha value is -1.68. The molecule has 1 fully saturated rings. The predicted molar refractivity (Wildman–Crippen MR) is 81.9 cm³/mol. The second-order valence-electron chi connectivity index (χ2n) is 5.77. The second kappa shape index (κ2) is 6.39. The van der Waals surface area contributed by atoms with Crippen molar-refractivity contribution in [2.75, 3.05) is 13.1 Å². The third kappa shape index (κ3) is 3.00. The zero-order valence-electron chi connectivity index (χ0n) is 12.4. The van der Waals surface area contributed by atoms with E-state index in [0.29, 0.717) is 11.8 Å². The maximum absolute atomic E-state index is 13.2. The molecule has 0 spiro atoms. The molecule has 1 aliphatic rings. The first-order valence-corrected chi connectivity index (χ1v) is 7.75. The first kappa shape index (κ1) is 14.3. The zero-order chi connectivity index (χ0) is 14.7. The Morgan fingerprint density at radius 2 is 2.10 bits per heavy atom. The molecule has 2 atom stereocenters. The second-order valence-corrected chi connectivity index (χ2v) is 5.77. The van der Waals surface area contributed by atoms with E-state index in [-0.39, 0.29) is 5.82 Å². The quantitative estimate of drug-likeness (QED) is 0.935. The molecular weight excluding hydrogens is 265 g/mol. The van der Waals surface area contributed by atoms with Gasteiger partial charge >= 0.3 is 0 Å². The molecule has 2 aromatic rings. The molecule has 1 aromatic heterocycles. The van der Waals surface area contributed by atoms with Gasteiger partial charge < -0.3 is 9.88 Å². The zero-order valence-corrected chi connectivity index (χ0v) is 12.4. The van der Waals surface area contributed by atoms with E-state index in [9.17, 15) is 4.39 Å². The lowest BCUT2D eigenvalue weighted by atomic mass is 9.79. The van der Waals surface area contributed by atoms with Crippen LogP contribution in [0, 0.1) is 5.82 Å². The van der Waals surface area contributed by atoms with Crippen LogP contribution in [-0.2, 0) is 6.54 Å². The maximum Gasteiger partial charge on any atom is 0.123 e. The molecule has 0 aliphatic carbocycles. The van der Waals surface area contributed by atoms with Gasteiger partial charge in [0.2, 0.25) is 0 Å². The molecule has 1 aliphatic heterocycles. The molecule has 0 amide bonds. The molecule has 112 valence electrons. The van der Waals surface area contributed by atoms with Gasteiger partial charge in [0.25, 0.3) is 0 Å². The van der Waals surface area contributed by atoms with Gasteiger partial charge in [-0.25, -0.2) is 9.37 Å². The molecule has 4 heteroatoms. The van der Waals surface area contributed by atoms with Crippen LogP contribution in [-0.4, -0.2) is 22.6 Å². The first-order chi connectivity index (χ1) is 10.3. The molecule has 3 rings (SSSR count). The maximum atomic E-state index is 13.2. The predicted octanol–water partition coefficient (Wildman–Crippen LogP) is 3.29. The van der Waals surface area contributed by atoms with Crippen LogP contribution in [0.1, 0.15) is 42.9 Å². The number of rotatable bonds is 4. The van der Waals surface area contributed by atoms with Gasteiger partial charge in [0, 0.05) is 36.8 Å². The van der Waals surface area contributed by atoms with Crippen molar-refractivity contribution in [3.63, 3.8) is 0 Å². The molecular formula is C17H22FN3. The van der Waals surface area contributed by atoms with Crippen LogP contribution < -0.4 is 5.32 Å². The summed E-state index contributed by atoms with van der Waals surface area (Å²) in [5.41, 5.74) is 2.52. The molecule has 2 unspecified atom stereocenters. The average Bonchev–Trinajstić information content (AvgIpc) is 2.97. The summed E-state index contributed by atoms with van der Waals surface area (Å²) < 4.78 is 15.4. The Bertz CT molecular complexity index is 576. The third-order valence-electron chi connectivity index (χ3n) is 4.37. The van der Waals surface area contributed by atoms with Crippen molar-refractivity contribution in [2.45, 2.75) is 38.1 Å². The van der Waals surface area contributed by atoms with Gasteiger partial charge in [0.15, 0.2) is 0 Å². The van der Waals surface area contributed by atoms with E-state index in [1.54, 1.807) is 12.1 Å². The van der Waals surface area contributed by atoms with E-state index < -0.39 is 0 Å².